The highest BCUT2D eigenvalue weighted by Crippen LogP contribution is 2.42. The van der Waals surface area contributed by atoms with Crippen LogP contribution in [0.1, 0.15) is 34.3 Å². The van der Waals surface area contributed by atoms with E-state index in [1.54, 1.807) is 0 Å². The van der Waals surface area contributed by atoms with Crippen molar-refractivity contribution in [3.63, 3.8) is 0 Å². The molecular formula is C37H24S. The molecule has 0 aliphatic rings. The molecule has 7 aromatic carbocycles. The molecule has 0 nitrogen and oxygen atoms in total. The Morgan fingerprint density at radius 2 is 1.03 bits per heavy atom. The molecule has 8 aromatic rings. The Morgan fingerprint density at radius 1 is 0.447 bits per heavy atom. The van der Waals surface area contributed by atoms with Crippen molar-refractivity contribution in [1.29, 1.82) is 0 Å². The number of hydrogen-bond donors (Lipinski definition) is 0. The zero-order chi connectivity index (χ0) is 43.5. The number of benzene rings is 7. The van der Waals surface area contributed by atoms with Gasteiger partial charge in [-0.1, -0.05) is 109 Å². The maximum absolute atomic E-state index is 9.60. The highest BCUT2D eigenvalue weighted by Gasteiger charge is 2.13. The van der Waals surface area contributed by atoms with Gasteiger partial charge in [0.1, 0.15) is 0 Å². The number of thiophene rings is 1. The minimum absolute atomic E-state index is 0.0382. The molecule has 0 radical (unpaired) electrons. The number of fused-ring (bicyclic) bond motifs is 9. The van der Waals surface area contributed by atoms with E-state index in [0.29, 0.717) is 0 Å². The maximum atomic E-state index is 9.60. The molecule has 1 heteroatoms. The van der Waals surface area contributed by atoms with Crippen molar-refractivity contribution in [3.05, 3.63) is 132 Å². The van der Waals surface area contributed by atoms with Gasteiger partial charge in [0.2, 0.25) is 0 Å². The second-order valence-corrected chi connectivity index (χ2v) is 9.53. The Kier molecular flexibility index (Phi) is 2.04. The van der Waals surface area contributed by atoms with Crippen molar-refractivity contribution >= 4 is 63.8 Å². The summed E-state index contributed by atoms with van der Waals surface area (Å²) in [6, 6.07) is -14.6. The van der Waals surface area contributed by atoms with Crippen LogP contribution < -0.4 is 0 Å². The second kappa shape index (κ2) is 8.28. The molecule has 0 spiro atoms. The molecule has 0 N–H and O–H groups in total. The zero-order valence-corrected chi connectivity index (χ0v) is 20.2. The largest absolute Gasteiger partial charge is 0.135 e. The summed E-state index contributed by atoms with van der Waals surface area (Å²) < 4.78 is 186. The fraction of sp³-hybridized carbons (Fsp3) is 0.0270. The van der Waals surface area contributed by atoms with Crippen LogP contribution >= 0.6 is 11.3 Å². The lowest BCUT2D eigenvalue weighted by atomic mass is 9.91. The third-order valence-electron chi connectivity index (χ3n) is 6.25. The van der Waals surface area contributed by atoms with E-state index in [1.165, 1.54) is 6.92 Å². The Labute approximate surface area is 254 Å². The zero-order valence-electron chi connectivity index (χ0n) is 40.4. The first kappa shape index (κ1) is 9.38. The van der Waals surface area contributed by atoms with Gasteiger partial charge in [0.25, 0.3) is 0 Å². The summed E-state index contributed by atoms with van der Waals surface area (Å²) in [5, 5.41) is -2.75. The molecule has 1 aromatic heterocycles. The van der Waals surface area contributed by atoms with Crippen LogP contribution in [0.15, 0.2) is 127 Å². The lowest BCUT2D eigenvalue weighted by molar-refractivity contribution is 1.52. The molecule has 0 amide bonds. The van der Waals surface area contributed by atoms with Crippen molar-refractivity contribution in [2.45, 2.75) is 6.92 Å². The first-order valence-electron chi connectivity index (χ1n) is 21.9. The second-order valence-electron chi connectivity index (χ2n) is 8.51. The smallest absolute Gasteiger partial charge is 0.0641 e. The molecule has 8 rings (SSSR count). The van der Waals surface area contributed by atoms with Crippen molar-refractivity contribution in [1.82, 2.24) is 0 Å². The van der Waals surface area contributed by atoms with Crippen LogP contribution in [-0.2, 0) is 0 Å². The fourth-order valence-corrected chi connectivity index (χ4v) is 5.73. The van der Waals surface area contributed by atoms with E-state index < -0.39 is 152 Å². The molecule has 0 fully saturated rings. The topological polar surface area (TPSA) is 0 Å². The van der Waals surface area contributed by atoms with Gasteiger partial charge in [-0.2, -0.15) is 0 Å². The summed E-state index contributed by atoms with van der Waals surface area (Å²) in [5.41, 5.74) is -2.13. The lowest BCUT2D eigenvalue weighted by Gasteiger charge is -2.12. The Balaban J connectivity index is 1.63. The molecule has 178 valence electrons. The highest BCUT2D eigenvalue weighted by atomic mass is 32.1. The van der Waals surface area contributed by atoms with Gasteiger partial charge in [-0.05, 0) is 85.2 Å². The quantitative estimate of drug-likeness (QED) is 0.198. The minimum Gasteiger partial charge on any atom is -0.135 e. The predicted octanol–water partition coefficient (Wildman–Crippen LogP) is 11.2. The average Bonchev–Trinajstić information content (AvgIpc) is 3.61. The van der Waals surface area contributed by atoms with E-state index >= 15 is 0 Å². The van der Waals surface area contributed by atoms with Crippen LogP contribution in [0.2, 0.25) is 0 Å². The molecular weight excluding hydrogens is 476 g/mol. The van der Waals surface area contributed by atoms with Crippen LogP contribution in [0, 0.1) is 6.92 Å². The Hall–Kier alpha value is -4.46. The first-order valence-corrected chi connectivity index (χ1v) is 12.2. The summed E-state index contributed by atoms with van der Waals surface area (Å²) in [4.78, 5) is 0. The normalized spacial score (nSPS) is 19.6. The molecule has 0 aliphatic carbocycles. The standard InChI is InChI=1S/C37H24S/c1-23-16-18-33-34-15-7-14-27(37(34)38-36(33)20-23)26-9-6-8-24(21-26)25-17-19-32-30-12-3-2-10-28(30)29-11-4-5-13-31(29)35(32)22-25/h2-22H,1H3/i2D,3D,4D,5D,6D,7D,8D,9D,10D,11D,12D,13D,14D,15D,16D,17D,18D,19D,20D,21D,22D. The molecule has 0 aliphatic heterocycles. The van der Waals surface area contributed by atoms with Crippen LogP contribution in [0.5, 0.6) is 0 Å². The third-order valence-corrected chi connectivity index (χ3v) is 7.37. The van der Waals surface area contributed by atoms with Crippen molar-refractivity contribution < 1.29 is 28.8 Å². The van der Waals surface area contributed by atoms with E-state index in [1.807, 2.05) is 0 Å². The van der Waals surface area contributed by atoms with Crippen LogP contribution in [-0.4, -0.2) is 0 Å². The predicted molar refractivity (Wildman–Crippen MR) is 167 cm³/mol. The SMILES string of the molecule is [2H]c1c([2H])c(-c2c([2H])c([2H])c3c4c([2H])c([2H])c([2H])c([2H])c4c4c([2H])c([2H])c([2H])c([2H])c4c3c2[2H])c([2H])c(-c2c([2H])c([2H])c([2H])c3c2sc2c([2H])c(C)c([2H])c([2H])c23)c1[2H]. The van der Waals surface area contributed by atoms with E-state index in [4.69, 9.17) is 23.3 Å². The number of rotatable bonds is 2. The third kappa shape index (κ3) is 3.22. The minimum atomic E-state index is -0.878. The first-order chi connectivity index (χ1) is 27.5. The van der Waals surface area contributed by atoms with Crippen LogP contribution in [0.3, 0.4) is 0 Å². The van der Waals surface area contributed by atoms with Gasteiger partial charge in [-0.3, -0.25) is 0 Å². The summed E-state index contributed by atoms with van der Waals surface area (Å²) in [7, 11) is 0. The highest BCUT2D eigenvalue weighted by molar-refractivity contribution is 7.26. The Morgan fingerprint density at radius 3 is 1.79 bits per heavy atom. The van der Waals surface area contributed by atoms with Crippen molar-refractivity contribution in [3.8, 4) is 22.3 Å². The molecule has 0 saturated heterocycles. The van der Waals surface area contributed by atoms with Crippen molar-refractivity contribution in [2.24, 2.45) is 0 Å². The van der Waals surface area contributed by atoms with Crippen LogP contribution in [0.4, 0.5) is 0 Å². The summed E-state index contributed by atoms with van der Waals surface area (Å²) >= 11 is 0.810. The Bertz CT molecular complexity index is 3310. The van der Waals surface area contributed by atoms with Gasteiger partial charge in [0.05, 0.1) is 28.8 Å². The molecule has 0 saturated carbocycles. The summed E-state index contributed by atoms with van der Waals surface area (Å²) in [5.74, 6) is 0. The lowest BCUT2D eigenvalue weighted by Crippen LogP contribution is -1.86. The molecule has 38 heavy (non-hydrogen) atoms. The van der Waals surface area contributed by atoms with Gasteiger partial charge in [-0.25, -0.2) is 0 Å². The van der Waals surface area contributed by atoms with Gasteiger partial charge >= 0.3 is 0 Å². The van der Waals surface area contributed by atoms with Crippen molar-refractivity contribution in [2.75, 3.05) is 0 Å². The van der Waals surface area contributed by atoms with E-state index in [2.05, 4.69) is 0 Å². The van der Waals surface area contributed by atoms with Gasteiger partial charge in [0, 0.05) is 20.2 Å². The van der Waals surface area contributed by atoms with E-state index in [0.717, 1.165) is 11.3 Å². The van der Waals surface area contributed by atoms with E-state index in [9.17, 15) is 5.48 Å². The summed E-state index contributed by atoms with van der Waals surface area (Å²) in [6.07, 6.45) is 0. The molecule has 0 bridgehead atoms. The average molecular weight is 522 g/mol. The molecule has 0 atom stereocenters. The number of hydrogen-bond acceptors (Lipinski definition) is 1. The van der Waals surface area contributed by atoms with Gasteiger partial charge < -0.3 is 0 Å². The van der Waals surface area contributed by atoms with Crippen LogP contribution in [0.25, 0.3) is 74.7 Å². The van der Waals surface area contributed by atoms with Gasteiger partial charge in [-0.15, -0.1) is 11.3 Å². The molecule has 1 heterocycles. The monoisotopic (exact) mass is 521 g/mol. The summed E-state index contributed by atoms with van der Waals surface area (Å²) in [6.45, 7) is 1.46. The fourth-order valence-electron chi connectivity index (χ4n) is 4.56. The van der Waals surface area contributed by atoms with Gasteiger partial charge in [0.15, 0.2) is 0 Å². The maximum Gasteiger partial charge on any atom is 0.0641 e. The molecule has 0 unspecified atom stereocenters. The van der Waals surface area contributed by atoms with E-state index in [-0.39, 0.29) is 54.8 Å².